The van der Waals surface area contributed by atoms with E-state index in [1.165, 1.54) is 0 Å². The van der Waals surface area contributed by atoms with Gasteiger partial charge >= 0.3 is 0 Å². The maximum atomic E-state index is 12.6. The van der Waals surface area contributed by atoms with Crippen LogP contribution in [0.1, 0.15) is 27.0 Å². The van der Waals surface area contributed by atoms with Crippen molar-refractivity contribution in [3.05, 3.63) is 150 Å². The fraction of sp³-hybridized carbons (Fsp3) is 0. The van der Waals surface area contributed by atoms with Gasteiger partial charge in [0.2, 0.25) is 0 Å². The van der Waals surface area contributed by atoms with Crippen LogP contribution in [-0.2, 0) is 0 Å². The molecule has 3 nitrogen and oxygen atoms in total. The lowest BCUT2D eigenvalue weighted by atomic mass is 9.95. The minimum Gasteiger partial charge on any atom is -0.267 e. The summed E-state index contributed by atoms with van der Waals surface area (Å²) in [6.07, 6.45) is 2.02. The molecule has 0 spiro atoms. The maximum Gasteiger partial charge on any atom is 0.271 e. The van der Waals surface area contributed by atoms with Crippen LogP contribution < -0.4 is 5.43 Å². The van der Waals surface area contributed by atoms with Gasteiger partial charge in [-0.05, 0) is 34.9 Å². The number of amides is 1. The standard InChI is InChI=1S/C28H22N2O/c31-28(25-19-11-4-12-20-25)30-29-27(24-17-9-3-10-18-24)21-26(22-13-5-1-6-14-22)23-15-7-2-8-16-23/h1-21H,(H,30,31)/b29-27+. The quantitative estimate of drug-likeness (QED) is 0.314. The molecular weight excluding hydrogens is 380 g/mol. The van der Waals surface area contributed by atoms with E-state index >= 15 is 0 Å². The molecule has 1 amide bonds. The van der Waals surface area contributed by atoms with E-state index in [0.29, 0.717) is 11.3 Å². The van der Waals surface area contributed by atoms with Gasteiger partial charge in [0.1, 0.15) is 0 Å². The highest BCUT2D eigenvalue weighted by atomic mass is 16.2. The predicted molar refractivity (Wildman–Crippen MR) is 127 cm³/mol. The van der Waals surface area contributed by atoms with Crippen molar-refractivity contribution in [2.75, 3.05) is 0 Å². The molecule has 0 aliphatic carbocycles. The van der Waals surface area contributed by atoms with Crippen LogP contribution >= 0.6 is 0 Å². The largest absolute Gasteiger partial charge is 0.271 e. The molecule has 0 unspecified atom stereocenters. The molecule has 3 heteroatoms. The molecule has 0 aliphatic heterocycles. The Morgan fingerprint density at radius 2 is 0.935 bits per heavy atom. The molecule has 4 rings (SSSR count). The molecule has 0 aliphatic rings. The van der Waals surface area contributed by atoms with E-state index in [1.807, 2.05) is 91.0 Å². The summed E-state index contributed by atoms with van der Waals surface area (Å²) in [7, 11) is 0. The van der Waals surface area contributed by atoms with Gasteiger partial charge in [-0.3, -0.25) is 4.79 Å². The zero-order valence-electron chi connectivity index (χ0n) is 17.0. The number of hydrazone groups is 1. The Kier molecular flexibility index (Phi) is 6.46. The fourth-order valence-corrected chi connectivity index (χ4v) is 3.26. The summed E-state index contributed by atoms with van der Waals surface area (Å²) in [6.45, 7) is 0. The van der Waals surface area contributed by atoms with E-state index in [-0.39, 0.29) is 5.91 Å². The third-order valence-corrected chi connectivity index (χ3v) is 4.83. The van der Waals surface area contributed by atoms with Gasteiger partial charge < -0.3 is 0 Å². The topological polar surface area (TPSA) is 41.5 Å². The smallest absolute Gasteiger partial charge is 0.267 e. The molecule has 0 radical (unpaired) electrons. The van der Waals surface area contributed by atoms with Crippen LogP contribution in [0.3, 0.4) is 0 Å². The van der Waals surface area contributed by atoms with Crippen molar-refractivity contribution in [2.24, 2.45) is 5.10 Å². The van der Waals surface area contributed by atoms with Gasteiger partial charge in [0.05, 0.1) is 5.71 Å². The van der Waals surface area contributed by atoms with Crippen molar-refractivity contribution >= 4 is 17.2 Å². The van der Waals surface area contributed by atoms with Crippen LogP contribution in [0.5, 0.6) is 0 Å². The summed E-state index contributed by atoms with van der Waals surface area (Å²) in [5, 5.41) is 4.50. The van der Waals surface area contributed by atoms with Crippen molar-refractivity contribution in [2.45, 2.75) is 0 Å². The van der Waals surface area contributed by atoms with Crippen molar-refractivity contribution in [1.82, 2.24) is 5.43 Å². The van der Waals surface area contributed by atoms with E-state index in [0.717, 1.165) is 22.3 Å². The van der Waals surface area contributed by atoms with E-state index < -0.39 is 0 Å². The molecular formula is C28H22N2O. The first-order valence-electron chi connectivity index (χ1n) is 10.1. The SMILES string of the molecule is O=C(N/N=C(\C=C(c1ccccc1)c1ccccc1)c1ccccc1)c1ccccc1. The second-order valence-electron chi connectivity index (χ2n) is 6.96. The Labute approximate surface area is 182 Å². The van der Waals surface area contributed by atoms with E-state index in [2.05, 4.69) is 34.8 Å². The highest BCUT2D eigenvalue weighted by molar-refractivity contribution is 6.14. The molecule has 0 aromatic heterocycles. The van der Waals surface area contributed by atoms with Crippen LogP contribution in [0, 0.1) is 0 Å². The minimum atomic E-state index is -0.247. The molecule has 150 valence electrons. The number of benzene rings is 4. The van der Waals surface area contributed by atoms with Crippen LogP contribution in [-0.4, -0.2) is 11.6 Å². The van der Waals surface area contributed by atoms with Crippen LogP contribution in [0.4, 0.5) is 0 Å². The number of nitrogens with zero attached hydrogens (tertiary/aromatic N) is 1. The zero-order chi connectivity index (χ0) is 21.3. The van der Waals surface area contributed by atoms with Crippen LogP contribution in [0.2, 0.25) is 0 Å². The summed E-state index contributed by atoms with van der Waals surface area (Å²) < 4.78 is 0. The average molecular weight is 402 g/mol. The van der Waals surface area contributed by atoms with Gasteiger partial charge in [-0.1, -0.05) is 109 Å². The maximum absolute atomic E-state index is 12.6. The lowest BCUT2D eigenvalue weighted by Gasteiger charge is -2.11. The average Bonchev–Trinajstić information content (AvgIpc) is 2.86. The third kappa shape index (κ3) is 5.22. The first kappa shape index (κ1) is 20.0. The number of carbonyl (C=O) groups excluding carboxylic acids is 1. The van der Waals surface area contributed by atoms with Gasteiger partial charge in [-0.25, -0.2) is 5.43 Å². The summed E-state index contributed by atoms with van der Waals surface area (Å²) in [6, 6.07) is 39.3. The number of carbonyl (C=O) groups is 1. The monoisotopic (exact) mass is 402 g/mol. The fourth-order valence-electron chi connectivity index (χ4n) is 3.26. The second-order valence-corrected chi connectivity index (χ2v) is 6.96. The van der Waals surface area contributed by atoms with Crippen molar-refractivity contribution in [1.29, 1.82) is 0 Å². The van der Waals surface area contributed by atoms with Gasteiger partial charge in [0.15, 0.2) is 0 Å². The normalized spacial score (nSPS) is 10.9. The van der Waals surface area contributed by atoms with Crippen molar-refractivity contribution in [3.63, 3.8) is 0 Å². The Morgan fingerprint density at radius 3 is 1.39 bits per heavy atom. The van der Waals surface area contributed by atoms with Crippen molar-refractivity contribution < 1.29 is 4.79 Å². The van der Waals surface area contributed by atoms with E-state index in [9.17, 15) is 4.79 Å². The molecule has 0 saturated carbocycles. The molecule has 1 N–H and O–H groups in total. The number of nitrogens with one attached hydrogen (secondary N) is 1. The number of hydrogen-bond acceptors (Lipinski definition) is 2. The van der Waals surface area contributed by atoms with Gasteiger partial charge in [-0.15, -0.1) is 0 Å². The number of allylic oxidation sites excluding steroid dienone is 1. The molecule has 0 heterocycles. The molecule has 0 saturated heterocycles. The van der Waals surface area contributed by atoms with E-state index in [1.54, 1.807) is 12.1 Å². The van der Waals surface area contributed by atoms with Gasteiger partial charge in [-0.2, -0.15) is 5.10 Å². The van der Waals surface area contributed by atoms with Crippen LogP contribution in [0.25, 0.3) is 5.57 Å². The Morgan fingerprint density at radius 1 is 0.548 bits per heavy atom. The summed E-state index contributed by atoms with van der Waals surface area (Å²) >= 11 is 0. The highest BCUT2D eigenvalue weighted by Crippen LogP contribution is 2.24. The molecule has 0 atom stereocenters. The van der Waals surface area contributed by atoms with Gasteiger partial charge in [0, 0.05) is 11.1 Å². The second kappa shape index (κ2) is 9.99. The number of hydrogen-bond donors (Lipinski definition) is 1. The molecule has 4 aromatic rings. The molecule has 0 fully saturated rings. The highest BCUT2D eigenvalue weighted by Gasteiger charge is 2.10. The van der Waals surface area contributed by atoms with Crippen LogP contribution in [0.15, 0.2) is 133 Å². The predicted octanol–water partition coefficient (Wildman–Crippen LogP) is 5.95. The Hall–Kier alpha value is -4.24. The lowest BCUT2D eigenvalue weighted by molar-refractivity contribution is 0.0955. The number of rotatable bonds is 6. The molecule has 31 heavy (non-hydrogen) atoms. The molecule has 0 bridgehead atoms. The summed E-state index contributed by atoms with van der Waals surface area (Å²) in [5.74, 6) is -0.247. The molecule has 4 aromatic carbocycles. The Balaban J connectivity index is 1.78. The lowest BCUT2D eigenvalue weighted by Crippen LogP contribution is -2.19. The van der Waals surface area contributed by atoms with E-state index in [4.69, 9.17) is 0 Å². The third-order valence-electron chi connectivity index (χ3n) is 4.83. The van der Waals surface area contributed by atoms with Crippen molar-refractivity contribution in [3.8, 4) is 0 Å². The van der Waals surface area contributed by atoms with Gasteiger partial charge in [0.25, 0.3) is 5.91 Å². The first-order chi connectivity index (χ1) is 15.3. The Bertz CT molecular complexity index is 1140. The summed E-state index contributed by atoms with van der Waals surface area (Å²) in [5.41, 5.74) is 8.04. The minimum absolute atomic E-state index is 0.247. The first-order valence-corrected chi connectivity index (χ1v) is 10.1. The summed E-state index contributed by atoms with van der Waals surface area (Å²) in [4.78, 5) is 12.6. The zero-order valence-corrected chi connectivity index (χ0v) is 17.0.